The first kappa shape index (κ1) is 13.8. The topological polar surface area (TPSA) is 55.1 Å². The highest BCUT2D eigenvalue weighted by Crippen LogP contribution is 2.26. The molecule has 6 heteroatoms. The van der Waals surface area contributed by atoms with E-state index in [9.17, 15) is 9.18 Å². The number of amides is 1. The van der Waals surface area contributed by atoms with Crippen LogP contribution in [0.5, 0.6) is 0 Å². The Morgan fingerprint density at radius 2 is 2.00 bits per heavy atom. The van der Waals surface area contributed by atoms with Crippen LogP contribution in [0.15, 0.2) is 40.9 Å². The Bertz CT molecular complexity index is 649. The molecule has 0 saturated heterocycles. The van der Waals surface area contributed by atoms with E-state index in [4.69, 9.17) is 17.3 Å². The third kappa shape index (κ3) is 3.24. The minimum atomic E-state index is -0.671. The number of hydrogen-bond donors (Lipinski definition) is 2. The lowest BCUT2D eigenvalue weighted by atomic mass is 10.1. The quantitative estimate of drug-likeness (QED) is 0.807. The molecule has 2 aromatic carbocycles. The first-order valence-corrected chi connectivity index (χ1v) is 6.46. The maximum atomic E-state index is 13.6. The average Bonchev–Trinajstić information content (AvgIpc) is 2.33. The summed E-state index contributed by atoms with van der Waals surface area (Å²) in [4.78, 5) is 12.0. The predicted octanol–water partition coefficient (Wildman–Crippen LogP) is 4.08. The molecule has 2 aromatic rings. The minimum Gasteiger partial charge on any atom is -0.399 e. The van der Waals surface area contributed by atoms with Gasteiger partial charge in [0.25, 0.3) is 5.91 Å². The van der Waals surface area contributed by atoms with E-state index in [1.54, 1.807) is 18.2 Å². The van der Waals surface area contributed by atoms with E-state index >= 15 is 0 Å². The molecule has 3 N–H and O–H groups in total. The van der Waals surface area contributed by atoms with Crippen LogP contribution < -0.4 is 11.1 Å². The lowest BCUT2D eigenvalue weighted by Gasteiger charge is -2.08. The summed E-state index contributed by atoms with van der Waals surface area (Å²) >= 11 is 9.11. The largest absolute Gasteiger partial charge is 0.399 e. The molecule has 0 radical (unpaired) electrons. The van der Waals surface area contributed by atoms with E-state index in [1.807, 2.05) is 0 Å². The van der Waals surface area contributed by atoms with Crippen LogP contribution in [0.4, 0.5) is 15.8 Å². The Morgan fingerprint density at radius 3 is 2.68 bits per heavy atom. The van der Waals surface area contributed by atoms with Crippen LogP contribution in [0.1, 0.15) is 10.4 Å². The highest BCUT2D eigenvalue weighted by Gasteiger charge is 2.13. The summed E-state index contributed by atoms with van der Waals surface area (Å²) in [5.74, 6) is -1.24. The summed E-state index contributed by atoms with van der Waals surface area (Å²) in [6.45, 7) is 0. The molecular formula is C13H9BrClFN2O. The van der Waals surface area contributed by atoms with Gasteiger partial charge in [0.1, 0.15) is 5.82 Å². The van der Waals surface area contributed by atoms with Crippen molar-refractivity contribution in [1.29, 1.82) is 0 Å². The molecule has 1 amide bonds. The fourth-order valence-electron chi connectivity index (χ4n) is 1.50. The normalized spacial score (nSPS) is 10.3. The van der Waals surface area contributed by atoms with Crippen molar-refractivity contribution in [3.8, 4) is 0 Å². The van der Waals surface area contributed by atoms with Gasteiger partial charge in [0, 0.05) is 15.2 Å². The molecule has 0 heterocycles. The van der Waals surface area contributed by atoms with E-state index < -0.39 is 11.7 Å². The molecular weight excluding hydrogens is 335 g/mol. The minimum absolute atomic E-state index is 0.0823. The molecule has 0 aliphatic rings. The van der Waals surface area contributed by atoms with Gasteiger partial charge in [-0.2, -0.15) is 0 Å². The Balaban J connectivity index is 2.28. The number of carbonyl (C=O) groups is 1. The van der Waals surface area contributed by atoms with Crippen LogP contribution in [0.3, 0.4) is 0 Å². The molecule has 98 valence electrons. The number of rotatable bonds is 2. The molecule has 0 aromatic heterocycles. The van der Waals surface area contributed by atoms with Crippen molar-refractivity contribution >= 4 is 44.8 Å². The third-order valence-electron chi connectivity index (χ3n) is 2.41. The predicted molar refractivity (Wildman–Crippen MR) is 77.9 cm³/mol. The smallest absolute Gasteiger partial charge is 0.258 e. The van der Waals surface area contributed by atoms with E-state index in [2.05, 4.69) is 21.2 Å². The number of nitrogens with one attached hydrogen (secondary N) is 1. The molecule has 0 spiro atoms. The number of benzene rings is 2. The summed E-state index contributed by atoms with van der Waals surface area (Å²) in [5, 5.41) is 3.05. The van der Waals surface area contributed by atoms with Gasteiger partial charge < -0.3 is 11.1 Å². The third-order valence-corrected chi connectivity index (χ3v) is 3.34. The second kappa shape index (κ2) is 5.59. The molecule has 0 aliphatic carbocycles. The van der Waals surface area contributed by atoms with Crippen molar-refractivity contribution in [2.24, 2.45) is 0 Å². The fraction of sp³-hybridized carbons (Fsp3) is 0. The summed E-state index contributed by atoms with van der Waals surface area (Å²) < 4.78 is 14.3. The van der Waals surface area contributed by atoms with Gasteiger partial charge >= 0.3 is 0 Å². The Kier molecular flexibility index (Phi) is 4.07. The zero-order chi connectivity index (χ0) is 14.0. The highest BCUT2D eigenvalue weighted by atomic mass is 79.9. The number of nitrogens with two attached hydrogens (primary N) is 1. The average molecular weight is 344 g/mol. The molecule has 0 unspecified atom stereocenters. The van der Waals surface area contributed by atoms with Crippen molar-refractivity contribution < 1.29 is 9.18 Å². The second-order valence-electron chi connectivity index (χ2n) is 3.82. The molecule has 0 aliphatic heterocycles. The van der Waals surface area contributed by atoms with E-state index in [0.717, 1.165) is 6.07 Å². The molecule has 0 saturated carbocycles. The summed E-state index contributed by atoms with van der Waals surface area (Å²) in [6, 6.07) is 8.83. The van der Waals surface area contributed by atoms with Crippen molar-refractivity contribution in [3.63, 3.8) is 0 Å². The molecule has 0 fully saturated rings. The molecule has 19 heavy (non-hydrogen) atoms. The van der Waals surface area contributed by atoms with Gasteiger partial charge in [-0.15, -0.1) is 0 Å². The van der Waals surface area contributed by atoms with Crippen molar-refractivity contribution in [3.05, 3.63) is 57.3 Å². The Hall–Kier alpha value is -1.59. The first-order valence-electron chi connectivity index (χ1n) is 5.29. The number of halogens is 3. The lowest BCUT2D eigenvalue weighted by Crippen LogP contribution is -2.14. The van der Waals surface area contributed by atoms with Crippen molar-refractivity contribution in [2.75, 3.05) is 11.1 Å². The highest BCUT2D eigenvalue weighted by molar-refractivity contribution is 9.10. The maximum absolute atomic E-state index is 13.6. The van der Waals surface area contributed by atoms with E-state index in [1.165, 1.54) is 12.1 Å². The molecule has 0 bridgehead atoms. The molecule has 2 rings (SSSR count). The van der Waals surface area contributed by atoms with Crippen LogP contribution in [0.25, 0.3) is 0 Å². The fourth-order valence-corrected chi connectivity index (χ4v) is 2.02. The maximum Gasteiger partial charge on any atom is 0.258 e. The van der Waals surface area contributed by atoms with Gasteiger partial charge in [0.2, 0.25) is 0 Å². The first-order chi connectivity index (χ1) is 8.97. The number of nitrogen functional groups attached to an aromatic ring is 1. The van der Waals surface area contributed by atoms with Gasteiger partial charge in [0.05, 0.1) is 11.3 Å². The van der Waals surface area contributed by atoms with Gasteiger partial charge in [-0.05, 0) is 52.3 Å². The van der Waals surface area contributed by atoms with Crippen molar-refractivity contribution in [1.82, 2.24) is 0 Å². The molecule has 3 nitrogen and oxygen atoms in total. The van der Waals surface area contributed by atoms with E-state index in [0.29, 0.717) is 15.2 Å². The SMILES string of the molecule is Nc1ccc(C(=O)Nc2cc(Cl)ccc2Br)c(F)c1. The van der Waals surface area contributed by atoms with Gasteiger partial charge in [-0.25, -0.2) is 4.39 Å². The van der Waals surface area contributed by atoms with Gasteiger partial charge in [0.15, 0.2) is 0 Å². The lowest BCUT2D eigenvalue weighted by molar-refractivity contribution is 0.102. The monoisotopic (exact) mass is 342 g/mol. The van der Waals surface area contributed by atoms with Crippen LogP contribution in [0.2, 0.25) is 5.02 Å². The number of carbonyl (C=O) groups excluding carboxylic acids is 1. The second-order valence-corrected chi connectivity index (χ2v) is 5.11. The van der Waals surface area contributed by atoms with Gasteiger partial charge in [-0.3, -0.25) is 4.79 Å². The van der Waals surface area contributed by atoms with Crippen LogP contribution in [-0.4, -0.2) is 5.91 Å². The summed E-state index contributed by atoms with van der Waals surface area (Å²) in [6.07, 6.45) is 0. The van der Waals surface area contributed by atoms with Crippen LogP contribution in [0, 0.1) is 5.82 Å². The zero-order valence-corrected chi connectivity index (χ0v) is 11.9. The Labute approximate surface area is 122 Å². The van der Waals surface area contributed by atoms with E-state index in [-0.39, 0.29) is 11.3 Å². The van der Waals surface area contributed by atoms with Crippen molar-refractivity contribution in [2.45, 2.75) is 0 Å². The van der Waals surface area contributed by atoms with Crippen LogP contribution >= 0.6 is 27.5 Å². The Morgan fingerprint density at radius 1 is 1.26 bits per heavy atom. The summed E-state index contributed by atoms with van der Waals surface area (Å²) in [5.41, 5.74) is 6.07. The standard InChI is InChI=1S/C13H9BrClFN2O/c14-10-4-1-7(15)5-12(10)18-13(19)9-3-2-8(17)6-11(9)16/h1-6H,17H2,(H,18,19). The summed E-state index contributed by atoms with van der Waals surface area (Å²) in [7, 11) is 0. The van der Waals surface area contributed by atoms with Crippen LogP contribution in [-0.2, 0) is 0 Å². The zero-order valence-electron chi connectivity index (χ0n) is 9.58. The number of hydrogen-bond acceptors (Lipinski definition) is 2. The number of anilines is 2. The molecule has 0 atom stereocenters. The van der Waals surface area contributed by atoms with Gasteiger partial charge in [-0.1, -0.05) is 11.6 Å².